The first-order valence-corrected chi connectivity index (χ1v) is 8.02. The van der Waals surface area contributed by atoms with E-state index in [1.54, 1.807) is 6.07 Å². The minimum atomic E-state index is -0.693. The fourth-order valence-electron chi connectivity index (χ4n) is 1.82. The van der Waals surface area contributed by atoms with Crippen molar-refractivity contribution in [3.63, 3.8) is 0 Å². The molecule has 0 radical (unpaired) electrons. The summed E-state index contributed by atoms with van der Waals surface area (Å²) in [4.78, 5) is 22.4. The first-order valence-electron chi connectivity index (χ1n) is 6.89. The van der Waals surface area contributed by atoms with E-state index < -0.39 is 10.8 Å². The Kier molecular flexibility index (Phi) is 6.41. The summed E-state index contributed by atoms with van der Waals surface area (Å²) in [7, 11) is 0. The number of carbonyl (C=O) groups excluding carboxylic acids is 1. The number of amides is 1. The standard InChI is InChI=1S/C16H9Cl3N4O3/c17-12-3-2-11(5-14(12)19)22-16(24)9(7-20)8-21-10-1-4-13(18)15(6-10)23(25)26/h1-6,8,21H,(H,22,24)/b9-8-. The van der Waals surface area contributed by atoms with E-state index in [4.69, 9.17) is 40.1 Å². The van der Waals surface area contributed by atoms with Crippen LogP contribution in [0.15, 0.2) is 48.2 Å². The van der Waals surface area contributed by atoms with E-state index >= 15 is 0 Å². The lowest BCUT2D eigenvalue weighted by atomic mass is 10.2. The summed E-state index contributed by atoms with van der Waals surface area (Å²) in [5, 5.41) is 25.7. The van der Waals surface area contributed by atoms with Crippen LogP contribution in [0.25, 0.3) is 0 Å². The minimum Gasteiger partial charge on any atom is -0.360 e. The Morgan fingerprint density at radius 1 is 1.08 bits per heavy atom. The van der Waals surface area contributed by atoms with Gasteiger partial charge in [-0.1, -0.05) is 34.8 Å². The molecular weight excluding hydrogens is 403 g/mol. The van der Waals surface area contributed by atoms with Crippen molar-refractivity contribution in [2.45, 2.75) is 0 Å². The van der Waals surface area contributed by atoms with Crippen molar-refractivity contribution in [3.05, 3.63) is 73.4 Å². The second kappa shape index (κ2) is 8.54. The molecule has 0 bridgehead atoms. The topological polar surface area (TPSA) is 108 Å². The van der Waals surface area contributed by atoms with Crippen molar-refractivity contribution >= 4 is 57.8 Å². The molecule has 0 unspecified atom stereocenters. The largest absolute Gasteiger partial charge is 0.360 e. The summed E-state index contributed by atoms with van der Waals surface area (Å²) in [6, 6.07) is 10.2. The van der Waals surface area contributed by atoms with Crippen LogP contribution in [0.1, 0.15) is 0 Å². The summed E-state index contributed by atoms with van der Waals surface area (Å²) in [5.41, 5.74) is 0.0846. The number of anilines is 2. The first kappa shape index (κ1) is 19.5. The summed E-state index contributed by atoms with van der Waals surface area (Å²) in [6.07, 6.45) is 1.12. The number of hydrogen-bond donors (Lipinski definition) is 2. The quantitative estimate of drug-likeness (QED) is 0.311. The SMILES string of the molecule is N#C/C(=C/Nc1ccc(Cl)c([N+](=O)[O-])c1)C(=O)Nc1ccc(Cl)c(Cl)c1. The van der Waals surface area contributed by atoms with Gasteiger partial charge in [-0.2, -0.15) is 5.26 Å². The van der Waals surface area contributed by atoms with Gasteiger partial charge < -0.3 is 10.6 Å². The summed E-state index contributed by atoms with van der Waals surface area (Å²) in [5.74, 6) is -0.693. The zero-order valence-electron chi connectivity index (χ0n) is 12.8. The molecule has 0 saturated carbocycles. The molecule has 0 aliphatic carbocycles. The second-order valence-corrected chi connectivity index (χ2v) is 6.04. The molecule has 0 fully saturated rings. The molecule has 10 heteroatoms. The van der Waals surface area contributed by atoms with Crippen molar-refractivity contribution in [1.29, 1.82) is 5.26 Å². The van der Waals surface area contributed by atoms with Gasteiger partial charge in [-0.15, -0.1) is 0 Å². The Morgan fingerprint density at radius 2 is 1.73 bits per heavy atom. The number of benzene rings is 2. The zero-order valence-corrected chi connectivity index (χ0v) is 15.1. The van der Waals surface area contributed by atoms with Crippen LogP contribution in [0.2, 0.25) is 15.1 Å². The molecule has 0 aliphatic heterocycles. The predicted octanol–water partition coefficient (Wildman–Crippen LogP) is 5.01. The highest BCUT2D eigenvalue weighted by molar-refractivity contribution is 6.42. The number of nitrogens with zero attached hydrogens (tertiary/aromatic N) is 2. The normalized spacial score (nSPS) is 10.8. The highest BCUT2D eigenvalue weighted by atomic mass is 35.5. The molecule has 132 valence electrons. The van der Waals surface area contributed by atoms with Crippen LogP contribution in [0, 0.1) is 21.4 Å². The molecular formula is C16H9Cl3N4O3. The van der Waals surface area contributed by atoms with E-state index in [2.05, 4.69) is 10.6 Å². The third-order valence-electron chi connectivity index (χ3n) is 3.07. The van der Waals surface area contributed by atoms with Crippen LogP contribution in [-0.4, -0.2) is 10.8 Å². The highest BCUT2D eigenvalue weighted by Gasteiger charge is 2.13. The van der Waals surface area contributed by atoms with Crippen molar-refractivity contribution in [3.8, 4) is 6.07 Å². The molecule has 26 heavy (non-hydrogen) atoms. The third kappa shape index (κ3) is 4.86. The van der Waals surface area contributed by atoms with E-state index in [1.165, 1.54) is 36.4 Å². The lowest BCUT2D eigenvalue weighted by Gasteiger charge is -2.06. The molecule has 0 atom stereocenters. The van der Waals surface area contributed by atoms with Crippen LogP contribution in [0.4, 0.5) is 17.1 Å². The third-order valence-corrected chi connectivity index (χ3v) is 4.13. The lowest BCUT2D eigenvalue weighted by Crippen LogP contribution is -2.14. The maximum Gasteiger partial charge on any atom is 0.289 e. The van der Waals surface area contributed by atoms with Crippen molar-refractivity contribution < 1.29 is 9.72 Å². The molecule has 2 aromatic carbocycles. The van der Waals surface area contributed by atoms with Gasteiger partial charge in [0.2, 0.25) is 0 Å². The Hall–Kier alpha value is -2.79. The van der Waals surface area contributed by atoms with Gasteiger partial charge in [-0.25, -0.2) is 0 Å². The first-order chi connectivity index (χ1) is 12.3. The van der Waals surface area contributed by atoms with E-state index in [1.807, 2.05) is 0 Å². The fourth-order valence-corrected chi connectivity index (χ4v) is 2.30. The molecule has 2 N–H and O–H groups in total. The number of carbonyl (C=O) groups is 1. The lowest BCUT2D eigenvalue weighted by molar-refractivity contribution is -0.384. The molecule has 0 heterocycles. The average Bonchev–Trinajstić information content (AvgIpc) is 2.59. The van der Waals surface area contributed by atoms with Crippen LogP contribution in [-0.2, 0) is 4.79 Å². The molecule has 7 nitrogen and oxygen atoms in total. The van der Waals surface area contributed by atoms with E-state index in [0.717, 1.165) is 6.20 Å². The highest BCUT2D eigenvalue weighted by Crippen LogP contribution is 2.28. The van der Waals surface area contributed by atoms with Crippen molar-refractivity contribution in [2.24, 2.45) is 0 Å². The smallest absolute Gasteiger partial charge is 0.289 e. The summed E-state index contributed by atoms with van der Waals surface area (Å²) >= 11 is 17.4. The summed E-state index contributed by atoms with van der Waals surface area (Å²) in [6.45, 7) is 0. The molecule has 0 aliphatic rings. The minimum absolute atomic E-state index is 0.0256. The number of nitro groups is 1. The van der Waals surface area contributed by atoms with Gasteiger partial charge in [0.05, 0.1) is 15.0 Å². The van der Waals surface area contributed by atoms with Gasteiger partial charge in [0.1, 0.15) is 16.7 Å². The van der Waals surface area contributed by atoms with E-state index in [-0.39, 0.29) is 27.0 Å². The van der Waals surface area contributed by atoms with Crippen molar-refractivity contribution in [1.82, 2.24) is 0 Å². The molecule has 2 aromatic rings. The second-order valence-electron chi connectivity index (χ2n) is 4.82. The monoisotopic (exact) mass is 410 g/mol. The van der Waals surface area contributed by atoms with Crippen LogP contribution < -0.4 is 10.6 Å². The maximum absolute atomic E-state index is 12.1. The Bertz CT molecular complexity index is 954. The Labute approximate surface area is 162 Å². The number of nitro benzene ring substituents is 1. The van der Waals surface area contributed by atoms with Gasteiger partial charge in [0, 0.05) is 23.6 Å². The van der Waals surface area contributed by atoms with E-state index in [9.17, 15) is 14.9 Å². The number of nitrogens with one attached hydrogen (secondary N) is 2. The number of halogens is 3. The number of hydrogen-bond acceptors (Lipinski definition) is 5. The van der Waals surface area contributed by atoms with Gasteiger partial charge >= 0.3 is 0 Å². The predicted molar refractivity (Wildman–Crippen MR) is 101 cm³/mol. The molecule has 0 aromatic heterocycles. The van der Waals surface area contributed by atoms with Gasteiger partial charge in [-0.3, -0.25) is 14.9 Å². The van der Waals surface area contributed by atoms with Crippen LogP contribution in [0.5, 0.6) is 0 Å². The molecule has 1 amide bonds. The Balaban J connectivity index is 2.16. The van der Waals surface area contributed by atoms with Crippen LogP contribution in [0.3, 0.4) is 0 Å². The number of rotatable bonds is 5. The molecule has 0 saturated heterocycles. The van der Waals surface area contributed by atoms with E-state index in [0.29, 0.717) is 10.7 Å². The average molecular weight is 412 g/mol. The van der Waals surface area contributed by atoms with Crippen LogP contribution >= 0.6 is 34.8 Å². The Morgan fingerprint density at radius 3 is 2.35 bits per heavy atom. The van der Waals surface area contributed by atoms with Gasteiger partial charge in [0.25, 0.3) is 11.6 Å². The van der Waals surface area contributed by atoms with Crippen molar-refractivity contribution in [2.75, 3.05) is 10.6 Å². The molecule has 0 spiro atoms. The van der Waals surface area contributed by atoms with Gasteiger partial charge in [-0.05, 0) is 30.3 Å². The van der Waals surface area contributed by atoms with Gasteiger partial charge in [0.15, 0.2) is 0 Å². The zero-order chi connectivity index (χ0) is 19.3. The number of nitriles is 1. The fraction of sp³-hybridized carbons (Fsp3) is 0. The summed E-state index contributed by atoms with van der Waals surface area (Å²) < 4.78 is 0. The molecule has 2 rings (SSSR count). The maximum atomic E-state index is 12.1.